The van der Waals surface area contributed by atoms with Gasteiger partial charge in [0.15, 0.2) is 0 Å². The van der Waals surface area contributed by atoms with Crippen LogP contribution >= 0.6 is 0 Å². The Morgan fingerprint density at radius 2 is 1.88 bits per heavy atom. The Morgan fingerprint density at radius 3 is 2.42 bits per heavy atom. The van der Waals surface area contributed by atoms with Crippen molar-refractivity contribution in [2.45, 2.75) is 45.7 Å². The zero-order valence-corrected chi connectivity index (χ0v) is 14.3. The Kier molecular flexibility index (Phi) is 4.74. The molecule has 4 amide bonds. The van der Waals surface area contributed by atoms with Crippen molar-refractivity contribution in [3.05, 3.63) is 0 Å². The number of urea groups is 1. The molecule has 2 fully saturated rings. The Balaban J connectivity index is 2.01. The SMILES string of the molecule is CC(C)(C)C(=O)NNC(=O)[C@@H]1CCC2CN1C(=O)N2OS(=O)(=O)O. The molecule has 0 aliphatic carbocycles. The molecule has 2 saturated heterocycles. The molecule has 2 atom stereocenters. The summed E-state index contributed by atoms with van der Waals surface area (Å²) in [6.45, 7) is 5.11. The zero-order chi connectivity index (χ0) is 18.3. The molecule has 0 saturated carbocycles. The number of hydroxylamine groups is 2. The standard InChI is InChI=1S/C12H20N4O7S/c1-12(2,3)10(18)14-13-9(17)8-5-4-7-6-15(8)11(19)16(7)23-24(20,21)22/h7-8H,4-6H2,1-3H3,(H,13,17)(H,14,18)(H,20,21,22)/t7?,8-/m0/s1. The molecule has 12 heteroatoms. The molecule has 3 N–H and O–H groups in total. The molecule has 0 aromatic carbocycles. The maximum Gasteiger partial charge on any atom is 0.418 e. The number of fused-ring (bicyclic) bond motifs is 2. The van der Waals surface area contributed by atoms with Crippen LogP contribution in [0.1, 0.15) is 33.6 Å². The number of piperidine rings is 1. The molecule has 1 unspecified atom stereocenters. The summed E-state index contributed by atoms with van der Waals surface area (Å²) in [5, 5.41) is 0.552. The molecule has 136 valence electrons. The number of nitrogens with zero attached hydrogens (tertiary/aromatic N) is 2. The summed E-state index contributed by atoms with van der Waals surface area (Å²) < 4.78 is 34.6. The lowest BCUT2D eigenvalue weighted by Gasteiger charge is -2.29. The second kappa shape index (κ2) is 6.18. The normalized spacial score (nSPS) is 24.1. The van der Waals surface area contributed by atoms with E-state index in [2.05, 4.69) is 15.1 Å². The molecule has 2 aliphatic heterocycles. The summed E-state index contributed by atoms with van der Waals surface area (Å²) in [6.07, 6.45) is 0.571. The second-order valence-electron chi connectivity index (χ2n) is 6.70. The van der Waals surface area contributed by atoms with Gasteiger partial charge >= 0.3 is 16.4 Å². The highest BCUT2D eigenvalue weighted by molar-refractivity contribution is 7.80. The molecule has 0 aromatic rings. The number of hydrazine groups is 1. The first kappa shape index (κ1) is 18.4. The van der Waals surface area contributed by atoms with E-state index in [1.54, 1.807) is 20.8 Å². The molecule has 2 heterocycles. The van der Waals surface area contributed by atoms with Gasteiger partial charge in [0.1, 0.15) is 6.04 Å². The van der Waals surface area contributed by atoms with Crippen molar-refractivity contribution in [2.24, 2.45) is 5.41 Å². The van der Waals surface area contributed by atoms with Gasteiger partial charge in [0.25, 0.3) is 5.91 Å². The topological polar surface area (TPSA) is 145 Å². The van der Waals surface area contributed by atoms with Crippen molar-refractivity contribution in [3.8, 4) is 0 Å². The van der Waals surface area contributed by atoms with Crippen LogP contribution in [-0.2, 0) is 24.3 Å². The molecular weight excluding hydrogens is 344 g/mol. The molecule has 24 heavy (non-hydrogen) atoms. The van der Waals surface area contributed by atoms with E-state index in [-0.39, 0.29) is 13.0 Å². The fraction of sp³-hybridized carbons (Fsp3) is 0.750. The highest BCUT2D eigenvalue weighted by Gasteiger charge is 2.49. The van der Waals surface area contributed by atoms with Crippen molar-refractivity contribution in [1.82, 2.24) is 20.8 Å². The number of hydrogen-bond acceptors (Lipinski definition) is 6. The molecule has 11 nitrogen and oxygen atoms in total. The molecule has 2 bridgehead atoms. The highest BCUT2D eigenvalue weighted by Crippen LogP contribution is 2.30. The van der Waals surface area contributed by atoms with Crippen molar-refractivity contribution in [2.75, 3.05) is 6.54 Å². The number of carbonyl (C=O) groups is 3. The molecule has 2 aliphatic rings. The first-order valence-corrected chi connectivity index (χ1v) is 8.64. The highest BCUT2D eigenvalue weighted by atomic mass is 32.3. The minimum Gasteiger partial charge on any atom is -0.309 e. The molecular formula is C12H20N4O7S. The van der Waals surface area contributed by atoms with Gasteiger partial charge in [-0.3, -0.25) is 25.0 Å². The summed E-state index contributed by atoms with van der Waals surface area (Å²) in [7, 11) is -4.83. The van der Waals surface area contributed by atoms with Gasteiger partial charge in [0, 0.05) is 12.0 Å². The van der Waals surface area contributed by atoms with Crippen molar-refractivity contribution in [1.29, 1.82) is 0 Å². The minimum absolute atomic E-state index is 0.0830. The van der Waals surface area contributed by atoms with Gasteiger partial charge in [-0.05, 0) is 12.8 Å². The zero-order valence-electron chi connectivity index (χ0n) is 13.5. The lowest BCUT2D eigenvalue weighted by Crippen LogP contribution is -2.55. The quantitative estimate of drug-likeness (QED) is 0.438. The smallest absolute Gasteiger partial charge is 0.309 e. The van der Waals surface area contributed by atoms with Gasteiger partial charge in [-0.1, -0.05) is 20.8 Å². The summed E-state index contributed by atoms with van der Waals surface area (Å²) in [5.74, 6) is -0.985. The average molecular weight is 364 g/mol. The van der Waals surface area contributed by atoms with Crippen molar-refractivity contribution >= 4 is 28.2 Å². The second-order valence-corrected chi connectivity index (χ2v) is 7.71. The van der Waals surface area contributed by atoms with Crippen LogP contribution in [0.25, 0.3) is 0 Å². The Hall–Kier alpha value is -1.92. The first-order valence-electron chi connectivity index (χ1n) is 7.27. The largest absolute Gasteiger partial charge is 0.418 e. The van der Waals surface area contributed by atoms with Gasteiger partial charge < -0.3 is 4.90 Å². The third kappa shape index (κ3) is 3.94. The Morgan fingerprint density at radius 1 is 1.25 bits per heavy atom. The van der Waals surface area contributed by atoms with Crippen molar-refractivity contribution in [3.63, 3.8) is 0 Å². The van der Waals surface area contributed by atoms with Crippen LogP contribution in [0.2, 0.25) is 0 Å². The predicted octanol–water partition coefficient (Wildman–Crippen LogP) is -0.817. The maximum atomic E-state index is 12.2. The van der Waals surface area contributed by atoms with Gasteiger partial charge in [-0.25, -0.2) is 4.79 Å². The average Bonchev–Trinajstić information content (AvgIpc) is 2.67. The molecule has 0 aromatic heterocycles. The number of amides is 4. The molecule has 0 radical (unpaired) electrons. The van der Waals surface area contributed by atoms with E-state index in [1.807, 2.05) is 0 Å². The fourth-order valence-corrected chi connectivity index (χ4v) is 2.88. The van der Waals surface area contributed by atoms with Gasteiger partial charge in [-0.2, -0.15) is 13.5 Å². The fourth-order valence-electron chi connectivity index (χ4n) is 2.49. The van der Waals surface area contributed by atoms with Gasteiger partial charge in [-0.15, -0.1) is 4.28 Å². The molecule has 2 rings (SSSR count). The summed E-state index contributed by atoms with van der Waals surface area (Å²) >= 11 is 0. The van der Waals surface area contributed by atoms with E-state index < -0.39 is 45.7 Å². The summed E-state index contributed by atoms with van der Waals surface area (Å²) in [4.78, 5) is 37.3. The van der Waals surface area contributed by atoms with Crippen LogP contribution in [0.3, 0.4) is 0 Å². The van der Waals surface area contributed by atoms with Gasteiger partial charge in [0.05, 0.1) is 6.04 Å². The van der Waals surface area contributed by atoms with E-state index in [1.165, 1.54) is 0 Å². The third-order valence-electron chi connectivity index (χ3n) is 3.78. The van der Waals surface area contributed by atoms with Crippen LogP contribution in [0.15, 0.2) is 0 Å². The maximum absolute atomic E-state index is 12.2. The van der Waals surface area contributed by atoms with Gasteiger partial charge in [0.2, 0.25) is 5.91 Å². The molecule has 0 spiro atoms. The van der Waals surface area contributed by atoms with Crippen LogP contribution in [0.5, 0.6) is 0 Å². The van der Waals surface area contributed by atoms with E-state index in [4.69, 9.17) is 4.55 Å². The van der Waals surface area contributed by atoms with Crippen LogP contribution in [0.4, 0.5) is 4.79 Å². The van der Waals surface area contributed by atoms with E-state index >= 15 is 0 Å². The van der Waals surface area contributed by atoms with Crippen LogP contribution in [-0.4, -0.2) is 59.4 Å². The number of nitrogens with one attached hydrogen (secondary N) is 2. The summed E-state index contributed by atoms with van der Waals surface area (Å²) in [6, 6.07) is -2.28. The lowest BCUT2D eigenvalue weighted by atomic mass is 9.96. The predicted molar refractivity (Wildman–Crippen MR) is 79.1 cm³/mol. The Bertz CT molecular complexity index is 657. The Labute approximate surface area is 139 Å². The number of carbonyl (C=O) groups excluding carboxylic acids is 3. The van der Waals surface area contributed by atoms with E-state index in [0.717, 1.165) is 4.90 Å². The minimum atomic E-state index is -4.83. The number of hydrogen-bond donors (Lipinski definition) is 3. The lowest BCUT2D eigenvalue weighted by molar-refractivity contribution is -0.135. The first-order chi connectivity index (χ1) is 10.9. The monoisotopic (exact) mass is 364 g/mol. The van der Waals surface area contributed by atoms with Crippen LogP contribution < -0.4 is 10.9 Å². The number of rotatable bonds is 3. The van der Waals surface area contributed by atoms with E-state index in [9.17, 15) is 22.8 Å². The third-order valence-corrected chi connectivity index (χ3v) is 4.13. The van der Waals surface area contributed by atoms with Crippen molar-refractivity contribution < 1.29 is 31.6 Å². The van der Waals surface area contributed by atoms with E-state index in [0.29, 0.717) is 11.5 Å². The summed E-state index contributed by atoms with van der Waals surface area (Å²) in [5.41, 5.74) is 3.85. The van der Waals surface area contributed by atoms with Crippen LogP contribution in [0, 0.1) is 5.41 Å².